The monoisotopic (exact) mass is 744 g/mol. The standard InChI is InChI=1S/C52H32N4S/c1-4-15-33(16-5-1)42-32-43(54-52(53-42)34-17-6-2-7-18-34)35-19-14-22-37(31-35)56-44-25-12-10-23-38(44)39-28-30-47-49(50(39)56)41-27-29-46-48(51(41)57-47)40-24-11-13-26-45(40)55(46)36-20-8-3-9-21-36/h1-32H. The van der Waals surface area contributed by atoms with Crippen molar-refractivity contribution in [2.45, 2.75) is 0 Å². The van der Waals surface area contributed by atoms with Crippen LogP contribution in [-0.4, -0.2) is 19.1 Å². The van der Waals surface area contributed by atoms with Gasteiger partial charge in [0.2, 0.25) is 0 Å². The normalized spacial score (nSPS) is 11.9. The quantitative estimate of drug-likeness (QED) is 0.176. The van der Waals surface area contributed by atoms with Crippen LogP contribution in [0.5, 0.6) is 0 Å². The first-order valence-electron chi connectivity index (χ1n) is 19.3. The molecule has 0 fully saturated rings. The Kier molecular flexibility index (Phi) is 7.06. The van der Waals surface area contributed by atoms with Gasteiger partial charge in [0, 0.05) is 69.8 Å². The van der Waals surface area contributed by atoms with Gasteiger partial charge >= 0.3 is 0 Å². The van der Waals surface area contributed by atoms with Crippen LogP contribution in [0, 0.1) is 0 Å². The molecule has 4 nitrogen and oxygen atoms in total. The van der Waals surface area contributed by atoms with E-state index in [1.165, 1.54) is 69.5 Å². The first kappa shape index (κ1) is 32.0. The summed E-state index contributed by atoms with van der Waals surface area (Å²) in [7, 11) is 0. The molecule has 0 bridgehead atoms. The van der Waals surface area contributed by atoms with Crippen molar-refractivity contribution in [3.63, 3.8) is 0 Å². The molecule has 0 aliphatic rings. The molecule has 0 unspecified atom stereocenters. The number of thiophene rings is 1. The highest BCUT2D eigenvalue weighted by Crippen LogP contribution is 2.47. The third-order valence-electron chi connectivity index (χ3n) is 11.3. The number of nitrogens with zero attached hydrogens (tertiary/aromatic N) is 4. The van der Waals surface area contributed by atoms with Gasteiger partial charge in [-0.2, -0.15) is 0 Å². The average molecular weight is 745 g/mol. The zero-order chi connectivity index (χ0) is 37.5. The SMILES string of the molecule is c1ccc(-c2cc(-c3cccc(-n4c5ccccc5c5ccc6sc7c(ccc8c7c7ccccc7n8-c7ccccc7)c6c54)c3)nc(-c3ccccc3)n2)cc1. The third-order valence-corrected chi connectivity index (χ3v) is 12.5. The number of benzene rings is 8. The molecule has 4 heterocycles. The Morgan fingerprint density at radius 2 is 0.965 bits per heavy atom. The Balaban J connectivity index is 1.12. The summed E-state index contributed by atoms with van der Waals surface area (Å²) in [5.74, 6) is 0.709. The van der Waals surface area contributed by atoms with Crippen molar-refractivity contribution in [3.05, 3.63) is 194 Å². The van der Waals surface area contributed by atoms with Gasteiger partial charge in [0.05, 0.1) is 33.5 Å². The van der Waals surface area contributed by atoms with Crippen LogP contribution in [0.4, 0.5) is 0 Å². The number of fused-ring (bicyclic) bond motifs is 11. The highest BCUT2D eigenvalue weighted by molar-refractivity contribution is 7.27. The molecule has 5 heteroatoms. The van der Waals surface area contributed by atoms with E-state index in [-0.39, 0.29) is 0 Å². The van der Waals surface area contributed by atoms with Gasteiger partial charge in [-0.1, -0.05) is 140 Å². The maximum atomic E-state index is 5.19. The van der Waals surface area contributed by atoms with E-state index in [2.05, 4.69) is 179 Å². The van der Waals surface area contributed by atoms with Gasteiger partial charge < -0.3 is 9.13 Å². The topological polar surface area (TPSA) is 35.6 Å². The maximum Gasteiger partial charge on any atom is 0.160 e. The minimum absolute atomic E-state index is 0.709. The second-order valence-electron chi connectivity index (χ2n) is 14.6. The van der Waals surface area contributed by atoms with E-state index < -0.39 is 0 Å². The Morgan fingerprint density at radius 3 is 1.74 bits per heavy atom. The molecule has 0 saturated heterocycles. The number of para-hydroxylation sites is 3. The van der Waals surface area contributed by atoms with Crippen LogP contribution in [0.2, 0.25) is 0 Å². The molecule has 8 aromatic carbocycles. The fourth-order valence-electron chi connectivity index (χ4n) is 8.82. The molecule has 12 aromatic rings. The van der Waals surface area contributed by atoms with Crippen molar-refractivity contribution < 1.29 is 0 Å². The van der Waals surface area contributed by atoms with Crippen molar-refractivity contribution in [3.8, 4) is 45.3 Å². The highest BCUT2D eigenvalue weighted by atomic mass is 32.1. The van der Waals surface area contributed by atoms with Crippen LogP contribution in [0.3, 0.4) is 0 Å². The lowest BCUT2D eigenvalue weighted by Gasteiger charge is -2.13. The Hall–Kier alpha value is -7.34. The highest BCUT2D eigenvalue weighted by Gasteiger charge is 2.22. The van der Waals surface area contributed by atoms with Gasteiger partial charge in [-0.15, -0.1) is 11.3 Å². The van der Waals surface area contributed by atoms with Crippen LogP contribution in [0.1, 0.15) is 0 Å². The minimum Gasteiger partial charge on any atom is -0.309 e. The number of rotatable bonds is 5. The van der Waals surface area contributed by atoms with E-state index in [1.807, 2.05) is 35.6 Å². The minimum atomic E-state index is 0.709. The molecule has 0 N–H and O–H groups in total. The van der Waals surface area contributed by atoms with Crippen molar-refractivity contribution in [1.29, 1.82) is 0 Å². The molecule has 0 atom stereocenters. The van der Waals surface area contributed by atoms with Gasteiger partial charge in [-0.3, -0.25) is 0 Å². The Bertz CT molecular complexity index is 3450. The molecule has 0 amide bonds. The third kappa shape index (κ3) is 4.93. The first-order chi connectivity index (χ1) is 28.3. The molecule has 4 aromatic heterocycles. The zero-order valence-corrected chi connectivity index (χ0v) is 31.5. The number of hydrogen-bond donors (Lipinski definition) is 0. The molecule has 0 radical (unpaired) electrons. The van der Waals surface area contributed by atoms with Gasteiger partial charge in [0.1, 0.15) is 0 Å². The second-order valence-corrected chi connectivity index (χ2v) is 15.6. The Morgan fingerprint density at radius 1 is 0.368 bits per heavy atom. The predicted molar refractivity (Wildman–Crippen MR) is 240 cm³/mol. The average Bonchev–Trinajstić information content (AvgIpc) is 3.95. The lowest BCUT2D eigenvalue weighted by Crippen LogP contribution is -1.98. The zero-order valence-electron chi connectivity index (χ0n) is 30.7. The Labute approximate surface area is 332 Å². The van der Waals surface area contributed by atoms with Gasteiger partial charge in [-0.25, -0.2) is 9.97 Å². The van der Waals surface area contributed by atoms with Crippen LogP contribution in [0.25, 0.3) is 109 Å². The van der Waals surface area contributed by atoms with E-state index in [0.717, 1.165) is 33.8 Å². The van der Waals surface area contributed by atoms with Crippen LogP contribution < -0.4 is 0 Å². The molecule has 0 saturated carbocycles. The summed E-state index contributed by atoms with van der Waals surface area (Å²) in [6, 6.07) is 69.3. The summed E-state index contributed by atoms with van der Waals surface area (Å²) in [6.07, 6.45) is 0. The molecule has 57 heavy (non-hydrogen) atoms. The molecule has 266 valence electrons. The lowest BCUT2D eigenvalue weighted by atomic mass is 10.0. The van der Waals surface area contributed by atoms with E-state index in [1.54, 1.807) is 0 Å². The van der Waals surface area contributed by atoms with E-state index in [4.69, 9.17) is 9.97 Å². The van der Waals surface area contributed by atoms with Crippen LogP contribution in [0.15, 0.2) is 194 Å². The molecule has 0 aliphatic heterocycles. The van der Waals surface area contributed by atoms with Crippen molar-refractivity contribution in [2.75, 3.05) is 0 Å². The smallest absolute Gasteiger partial charge is 0.160 e. The summed E-state index contributed by atoms with van der Waals surface area (Å²) in [4.78, 5) is 10.2. The van der Waals surface area contributed by atoms with E-state index >= 15 is 0 Å². The van der Waals surface area contributed by atoms with Gasteiger partial charge in [0.15, 0.2) is 5.82 Å². The summed E-state index contributed by atoms with van der Waals surface area (Å²) in [5, 5.41) is 7.62. The van der Waals surface area contributed by atoms with Crippen molar-refractivity contribution in [2.24, 2.45) is 0 Å². The summed E-state index contributed by atoms with van der Waals surface area (Å²) >= 11 is 1.90. The van der Waals surface area contributed by atoms with Crippen molar-refractivity contribution in [1.82, 2.24) is 19.1 Å². The number of aromatic nitrogens is 4. The second kappa shape index (κ2) is 12.6. The fourth-order valence-corrected chi connectivity index (χ4v) is 10.1. The number of hydrogen-bond acceptors (Lipinski definition) is 3. The van der Waals surface area contributed by atoms with Gasteiger partial charge in [-0.05, 0) is 54.6 Å². The molecule has 0 aliphatic carbocycles. The maximum absolute atomic E-state index is 5.19. The molecule has 0 spiro atoms. The summed E-state index contributed by atoms with van der Waals surface area (Å²) < 4.78 is 7.47. The van der Waals surface area contributed by atoms with Crippen molar-refractivity contribution >= 4 is 75.1 Å². The van der Waals surface area contributed by atoms with E-state index in [9.17, 15) is 0 Å². The lowest BCUT2D eigenvalue weighted by molar-refractivity contribution is 1.17. The van der Waals surface area contributed by atoms with Crippen LogP contribution >= 0.6 is 11.3 Å². The largest absolute Gasteiger partial charge is 0.309 e. The van der Waals surface area contributed by atoms with E-state index in [0.29, 0.717) is 5.82 Å². The summed E-state index contributed by atoms with van der Waals surface area (Å²) in [6.45, 7) is 0. The molecule has 12 rings (SSSR count). The van der Waals surface area contributed by atoms with Gasteiger partial charge in [0.25, 0.3) is 0 Å². The summed E-state index contributed by atoms with van der Waals surface area (Å²) in [5.41, 5.74) is 12.0. The first-order valence-corrected chi connectivity index (χ1v) is 20.1. The predicted octanol–water partition coefficient (Wildman–Crippen LogP) is 14.0. The molecular weight excluding hydrogens is 713 g/mol. The van der Waals surface area contributed by atoms with Crippen LogP contribution in [-0.2, 0) is 0 Å². The fraction of sp³-hybridized carbons (Fsp3) is 0. The molecular formula is C52H32N4S.